The quantitative estimate of drug-likeness (QED) is 0.492. The fourth-order valence-corrected chi connectivity index (χ4v) is 5.00. The predicted molar refractivity (Wildman–Crippen MR) is 118 cm³/mol. The number of fused-ring (bicyclic) bond motifs is 1. The Morgan fingerprint density at radius 2 is 1.93 bits per heavy atom. The third kappa shape index (κ3) is 3.91. The van der Waals surface area contributed by atoms with E-state index in [1.165, 1.54) is 29.4 Å². The number of benzene rings is 1. The average Bonchev–Trinajstić information content (AvgIpc) is 3.45. The molecule has 29 heavy (non-hydrogen) atoms. The number of nitrogens with one attached hydrogen (secondary N) is 1. The van der Waals surface area contributed by atoms with Crippen LogP contribution >= 0.6 is 11.3 Å². The minimum absolute atomic E-state index is 0.689. The van der Waals surface area contributed by atoms with Crippen molar-refractivity contribution in [2.75, 3.05) is 24.5 Å². The summed E-state index contributed by atoms with van der Waals surface area (Å²) in [5.41, 5.74) is 2.47. The fourth-order valence-electron chi connectivity index (χ4n) is 4.09. The highest BCUT2D eigenvalue weighted by Crippen LogP contribution is 2.38. The molecule has 0 spiro atoms. The number of nitrogens with zero attached hydrogens (tertiary/aromatic N) is 3. The van der Waals surface area contributed by atoms with E-state index in [0.29, 0.717) is 5.92 Å². The average molecular weight is 405 g/mol. The third-order valence-electron chi connectivity index (χ3n) is 5.66. The lowest BCUT2D eigenvalue weighted by molar-refractivity contribution is 0.372. The highest BCUT2D eigenvalue weighted by atomic mass is 32.1. The van der Waals surface area contributed by atoms with Crippen molar-refractivity contribution in [2.24, 2.45) is 5.92 Å². The monoisotopic (exact) mass is 404 g/mol. The zero-order valence-corrected chi connectivity index (χ0v) is 17.1. The standard InChI is InChI=1S/C23H24N4OS/c1-2-5-18(6-3-1)20-15-29-23-21(20)22(25-16-26-23)27-10-8-17(9-11-27)13-24-14-19-7-4-12-28-19/h1-7,12,15-17,24H,8-11,13-14H2. The summed E-state index contributed by atoms with van der Waals surface area (Å²) in [7, 11) is 0. The Hall–Kier alpha value is -2.70. The summed E-state index contributed by atoms with van der Waals surface area (Å²) in [6, 6.07) is 14.5. The van der Waals surface area contributed by atoms with Crippen LogP contribution in [0.3, 0.4) is 0 Å². The van der Waals surface area contributed by atoms with Crippen LogP contribution in [0.2, 0.25) is 0 Å². The normalized spacial score (nSPS) is 15.2. The molecule has 5 rings (SSSR count). The summed E-state index contributed by atoms with van der Waals surface area (Å²) in [6.07, 6.45) is 5.77. The highest BCUT2D eigenvalue weighted by Gasteiger charge is 2.23. The Morgan fingerprint density at radius 1 is 1.07 bits per heavy atom. The van der Waals surface area contributed by atoms with Gasteiger partial charge in [-0.05, 0) is 43.0 Å². The second kappa shape index (κ2) is 8.35. The number of aromatic nitrogens is 2. The maximum Gasteiger partial charge on any atom is 0.141 e. The number of hydrogen-bond donors (Lipinski definition) is 1. The van der Waals surface area contributed by atoms with Crippen LogP contribution in [0, 0.1) is 5.92 Å². The first-order valence-electron chi connectivity index (χ1n) is 10.1. The first kappa shape index (κ1) is 18.3. The van der Waals surface area contributed by atoms with Crippen LogP contribution < -0.4 is 10.2 Å². The molecule has 1 aliphatic heterocycles. The molecule has 4 heterocycles. The van der Waals surface area contributed by atoms with Gasteiger partial charge in [-0.25, -0.2) is 9.97 Å². The van der Waals surface area contributed by atoms with Gasteiger partial charge in [-0.15, -0.1) is 11.3 Å². The number of piperidine rings is 1. The van der Waals surface area contributed by atoms with Gasteiger partial charge in [-0.2, -0.15) is 0 Å². The molecule has 148 valence electrons. The number of thiophene rings is 1. The summed E-state index contributed by atoms with van der Waals surface area (Å²) in [5.74, 6) is 2.77. The lowest BCUT2D eigenvalue weighted by Gasteiger charge is -2.33. The molecule has 1 saturated heterocycles. The summed E-state index contributed by atoms with van der Waals surface area (Å²) in [4.78, 5) is 12.7. The SMILES string of the molecule is c1ccc(-c2csc3ncnc(N4CCC(CNCc5ccco5)CC4)c23)cc1. The lowest BCUT2D eigenvalue weighted by atomic mass is 9.96. The van der Waals surface area contributed by atoms with Gasteiger partial charge in [0.25, 0.3) is 0 Å². The van der Waals surface area contributed by atoms with Gasteiger partial charge in [0.15, 0.2) is 0 Å². The predicted octanol–water partition coefficient (Wildman–Crippen LogP) is 4.96. The number of furan rings is 1. The van der Waals surface area contributed by atoms with E-state index in [4.69, 9.17) is 9.40 Å². The fraction of sp³-hybridized carbons (Fsp3) is 0.304. The molecule has 0 saturated carbocycles. The molecule has 0 aliphatic carbocycles. The summed E-state index contributed by atoms with van der Waals surface area (Å²) in [5, 5.41) is 6.94. The van der Waals surface area contributed by atoms with E-state index in [1.54, 1.807) is 23.9 Å². The topological polar surface area (TPSA) is 54.2 Å². The number of hydrogen-bond acceptors (Lipinski definition) is 6. The molecule has 0 unspecified atom stereocenters. The maximum absolute atomic E-state index is 5.39. The zero-order valence-electron chi connectivity index (χ0n) is 16.3. The Kier molecular flexibility index (Phi) is 5.28. The molecule has 0 amide bonds. The minimum atomic E-state index is 0.689. The first-order chi connectivity index (χ1) is 14.4. The zero-order chi connectivity index (χ0) is 19.5. The Bertz CT molecular complexity index is 1050. The van der Waals surface area contributed by atoms with Crippen LogP contribution in [0.15, 0.2) is 64.9 Å². The van der Waals surface area contributed by atoms with E-state index in [2.05, 4.69) is 50.9 Å². The van der Waals surface area contributed by atoms with Gasteiger partial charge in [0.1, 0.15) is 22.7 Å². The Morgan fingerprint density at radius 3 is 2.72 bits per heavy atom. The molecule has 1 aromatic carbocycles. The van der Waals surface area contributed by atoms with Crippen LogP contribution in [-0.4, -0.2) is 29.6 Å². The number of anilines is 1. The van der Waals surface area contributed by atoms with Crippen molar-refractivity contribution >= 4 is 27.4 Å². The molecule has 0 radical (unpaired) electrons. The van der Waals surface area contributed by atoms with E-state index < -0.39 is 0 Å². The summed E-state index contributed by atoms with van der Waals surface area (Å²) in [6.45, 7) is 3.89. The molecule has 0 atom stereocenters. The van der Waals surface area contributed by atoms with Gasteiger partial charge in [-0.3, -0.25) is 0 Å². The molecule has 6 heteroatoms. The van der Waals surface area contributed by atoms with Gasteiger partial charge >= 0.3 is 0 Å². The van der Waals surface area contributed by atoms with Crippen molar-refractivity contribution in [3.05, 3.63) is 66.2 Å². The molecular formula is C23H24N4OS. The second-order valence-electron chi connectivity index (χ2n) is 7.53. The molecule has 1 N–H and O–H groups in total. The van der Waals surface area contributed by atoms with Gasteiger partial charge in [0.05, 0.1) is 18.2 Å². The number of rotatable bonds is 6. The van der Waals surface area contributed by atoms with Crippen molar-refractivity contribution in [3.8, 4) is 11.1 Å². The van der Waals surface area contributed by atoms with Gasteiger partial charge < -0.3 is 14.6 Å². The minimum Gasteiger partial charge on any atom is -0.468 e. The van der Waals surface area contributed by atoms with E-state index in [0.717, 1.165) is 42.6 Å². The largest absolute Gasteiger partial charge is 0.468 e. The Balaban J connectivity index is 1.29. The lowest BCUT2D eigenvalue weighted by Crippen LogP contribution is -2.37. The van der Waals surface area contributed by atoms with Crippen molar-refractivity contribution in [1.82, 2.24) is 15.3 Å². The Labute approximate surface area is 174 Å². The van der Waals surface area contributed by atoms with Crippen molar-refractivity contribution in [2.45, 2.75) is 19.4 Å². The van der Waals surface area contributed by atoms with Crippen molar-refractivity contribution < 1.29 is 4.42 Å². The van der Waals surface area contributed by atoms with Crippen LogP contribution in [-0.2, 0) is 6.54 Å². The van der Waals surface area contributed by atoms with Crippen LogP contribution in [0.5, 0.6) is 0 Å². The highest BCUT2D eigenvalue weighted by molar-refractivity contribution is 7.17. The van der Waals surface area contributed by atoms with E-state index in [1.807, 2.05) is 12.1 Å². The van der Waals surface area contributed by atoms with Gasteiger partial charge in [0.2, 0.25) is 0 Å². The van der Waals surface area contributed by atoms with E-state index in [9.17, 15) is 0 Å². The maximum atomic E-state index is 5.39. The van der Waals surface area contributed by atoms with Crippen LogP contribution in [0.1, 0.15) is 18.6 Å². The molecule has 1 fully saturated rings. The smallest absolute Gasteiger partial charge is 0.141 e. The van der Waals surface area contributed by atoms with E-state index >= 15 is 0 Å². The van der Waals surface area contributed by atoms with Gasteiger partial charge in [0, 0.05) is 24.0 Å². The van der Waals surface area contributed by atoms with Crippen molar-refractivity contribution in [3.63, 3.8) is 0 Å². The first-order valence-corrected chi connectivity index (χ1v) is 11.0. The molecular weight excluding hydrogens is 380 g/mol. The summed E-state index contributed by atoms with van der Waals surface area (Å²) < 4.78 is 5.39. The van der Waals surface area contributed by atoms with Crippen molar-refractivity contribution in [1.29, 1.82) is 0 Å². The molecule has 4 aromatic rings. The van der Waals surface area contributed by atoms with E-state index in [-0.39, 0.29) is 0 Å². The molecule has 0 bridgehead atoms. The third-order valence-corrected chi connectivity index (χ3v) is 6.55. The van der Waals surface area contributed by atoms with Crippen LogP contribution in [0.25, 0.3) is 21.3 Å². The summed E-state index contributed by atoms with van der Waals surface area (Å²) >= 11 is 1.70. The van der Waals surface area contributed by atoms with Crippen LogP contribution in [0.4, 0.5) is 5.82 Å². The molecule has 1 aliphatic rings. The van der Waals surface area contributed by atoms with Gasteiger partial charge in [-0.1, -0.05) is 30.3 Å². The molecule has 5 nitrogen and oxygen atoms in total. The molecule has 3 aromatic heterocycles. The second-order valence-corrected chi connectivity index (χ2v) is 8.39.